The maximum Gasteiger partial charge on any atom is 0.119 e. The van der Waals surface area contributed by atoms with Crippen LogP contribution in [-0.2, 0) is 0 Å². The molecule has 0 spiro atoms. The first kappa shape index (κ1) is 13.7. The van der Waals surface area contributed by atoms with Gasteiger partial charge in [0.1, 0.15) is 5.75 Å². The lowest BCUT2D eigenvalue weighted by atomic mass is 10.1. The van der Waals surface area contributed by atoms with Crippen molar-refractivity contribution in [2.45, 2.75) is 31.7 Å². The van der Waals surface area contributed by atoms with E-state index in [0.29, 0.717) is 0 Å². The van der Waals surface area contributed by atoms with Gasteiger partial charge in [-0.25, -0.2) is 0 Å². The van der Waals surface area contributed by atoms with Crippen LogP contribution in [0.1, 0.15) is 25.7 Å². The first-order valence-corrected chi connectivity index (χ1v) is 7.86. The third kappa shape index (κ3) is 3.45. The van der Waals surface area contributed by atoms with Crippen molar-refractivity contribution in [3.05, 3.63) is 24.3 Å². The van der Waals surface area contributed by atoms with Gasteiger partial charge in [0.05, 0.1) is 7.11 Å². The molecule has 20 heavy (non-hydrogen) atoms. The minimum absolute atomic E-state index is 0.805. The fraction of sp³-hybridized carbons (Fsp3) is 0.647. The molecule has 0 aliphatic heterocycles. The summed E-state index contributed by atoms with van der Waals surface area (Å²) in [7, 11) is 3.87. The summed E-state index contributed by atoms with van der Waals surface area (Å²) < 4.78 is 5.20. The largest absolute Gasteiger partial charge is 0.497 e. The van der Waals surface area contributed by atoms with Crippen molar-refractivity contribution in [2.75, 3.05) is 32.1 Å². The van der Waals surface area contributed by atoms with E-state index in [9.17, 15) is 0 Å². The first-order valence-electron chi connectivity index (χ1n) is 7.86. The fourth-order valence-electron chi connectivity index (χ4n) is 2.99. The highest BCUT2D eigenvalue weighted by Crippen LogP contribution is 2.44. The van der Waals surface area contributed by atoms with Crippen LogP contribution in [0.2, 0.25) is 0 Å². The van der Waals surface area contributed by atoms with Crippen molar-refractivity contribution in [3.8, 4) is 5.75 Å². The minimum Gasteiger partial charge on any atom is -0.497 e. The number of benzene rings is 1. The predicted octanol–water partition coefficient (Wildman–Crippen LogP) is 2.91. The number of rotatable bonds is 8. The van der Waals surface area contributed by atoms with E-state index >= 15 is 0 Å². The second kappa shape index (κ2) is 6.04. The van der Waals surface area contributed by atoms with Crippen molar-refractivity contribution < 1.29 is 4.74 Å². The summed E-state index contributed by atoms with van der Waals surface area (Å²) in [5.74, 6) is 2.88. The lowest BCUT2D eigenvalue weighted by Crippen LogP contribution is -2.38. The highest BCUT2D eigenvalue weighted by atomic mass is 16.5. The van der Waals surface area contributed by atoms with Gasteiger partial charge in [-0.15, -0.1) is 0 Å². The van der Waals surface area contributed by atoms with Crippen LogP contribution in [0.15, 0.2) is 24.3 Å². The van der Waals surface area contributed by atoms with Crippen molar-refractivity contribution in [1.29, 1.82) is 0 Å². The molecule has 3 rings (SSSR count). The van der Waals surface area contributed by atoms with Crippen LogP contribution >= 0.6 is 0 Å². The Morgan fingerprint density at radius 3 is 2.25 bits per heavy atom. The first-order chi connectivity index (χ1) is 9.78. The Labute approximate surface area is 122 Å². The summed E-state index contributed by atoms with van der Waals surface area (Å²) in [4.78, 5) is 2.31. The quantitative estimate of drug-likeness (QED) is 0.789. The summed E-state index contributed by atoms with van der Waals surface area (Å²) >= 11 is 0. The molecule has 0 radical (unpaired) electrons. The van der Waals surface area contributed by atoms with E-state index < -0.39 is 0 Å². The molecule has 3 nitrogen and oxygen atoms in total. The highest BCUT2D eigenvalue weighted by Gasteiger charge is 2.40. The molecular formula is C17H26N2O. The van der Waals surface area contributed by atoms with Gasteiger partial charge >= 0.3 is 0 Å². The highest BCUT2D eigenvalue weighted by molar-refractivity contribution is 5.48. The van der Waals surface area contributed by atoms with Crippen LogP contribution < -0.4 is 15.0 Å². The monoisotopic (exact) mass is 274 g/mol. The fourth-order valence-corrected chi connectivity index (χ4v) is 2.99. The van der Waals surface area contributed by atoms with E-state index in [1.54, 1.807) is 7.11 Å². The van der Waals surface area contributed by atoms with E-state index in [0.717, 1.165) is 36.7 Å². The minimum atomic E-state index is 0.805. The van der Waals surface area contributed by atoms with E-state index in [1.165, 1.54) is 31.4 Å². The van der Waals surface area contributed by atoms with Gasteiger partial charge < -0.3 is 15.0 Å². The van der Waals surface area contributed by atoms with Crippen molar-refractivity contribution in [3.63, 3.8) is 0 Å². The van der Waals surface area contributed by atoms with Crippen molar-refractivity contribution in [2.24, 2.45) is 11.8 Å². The van der Waals surface area contributed by atoms with Gasteiger partial charge in [-0.3, -0.25) is 0 Å². The Bertz CT molecular complexity index is 411. The standard InChI is InChI=1S/C17H26N2O/c1-19(15-7-9-16(20-2)10-8-15)12-11-18-17(13-3-4-13)14-5-6-14/h7-10,13-14,17-18H,3-6,11-12H2,1-2H3. The maximum atomic E-state index is 5.20. The normalized spacial score (nSPS) is 18.4. The molecule has 2 aliphatic carbocycles. The van der Waals surface area contributed by atoms with Crippen LogP contribution in [0.5, 0.6) is 5.75 Å². The molecule has 1 aromatic rings. The number of hydrogen-bond acceptors (Lipinski definition) is 3. The molecule has 0 amide bonds. The summed E-state index contributed by atoms with van der Waals surface area (Å²) in [6, 6.07) is 9.10. The molecule has 0 atom stereocenters. The van der Waals surface area contributed by atoms with Gasteiger partial charge in [0, 0.05) is 31.9 Å². The van der Waals surface area contributed by atoms with Crippen molar-refractivity contribution in [1.82, 2.24) is 5.32 Å². The summed E-state index contributed by atoms with van der Waals surface area (Å²) in [6.45, 7) is 2.14. The van der Waals surface area contributed by atoms with E-state index in [1.807, 2.05) is 12.1 Å². The number of nitrogens with one attached hydrogen (secondary N) is 1. The molecule has 0 heterocycles. The lowest BCUT2D eigenvalue weighted by molar-refractivity contribution is 0.414. The average molecular weight is 274 g/mol. The predicted molar refractivity (Wildman–Crippen MR) is 83.5 cm³/mol. The average Bonchev–Trinajstić information content (AvgIpc) is 3.37. The number of nitrogens with zero attached hydrogens (tertiary/aromatic N) is 1. The molecule has 1 N–H and O–H groups in total. The van der Waals surface area contributed by atoms with Gasteiger partial charge in [-0.2, -0.15) is 0 Å². The van der Waals surface area contributed by atoms with Crippen LogP contribution in [0.4, 0.5) is 5.69 Å². The third-order valence-corrected chi connectivity index (χ3v) is 4.60. The molecule has 0 saturated heterocycles. The van der Waals surface area contributed by atoms with Crippen LogP contribution in [0, 0.1) is 11.8 Å². The number of anilines is 1. The molecule has 3 heteroatoms. The van der Waals surface area contributed by atoms with Crippen LogP contribution in [0.25, 0.3) is 0 Å². The molecule has 0 aromatic heterocycles. The molecule has 1 aromatic carbocycles. The molecule has 0 unspecified atom stereocenters. The Hall–Kier alpha value is -1.22. The summed E-state index contributed by atoms with van der Waals surface area (Å²) in [6.07, 6.45) is 5.79. The summed E-state index contributed by atoms with van der Waals surface area (Å²) in [5, 5.41) is 3.80. The van der Waals surface area contributed by atoms with Gasteiger partial charge in [0.25, 0.3) is 0 Å². The molecular weight excluding hydrogens is 248 g/mol. The Morgan fingerprint density at radius 1 is 1.15 bits per heavy atom. The topological polar surface area (TPSA) is 24.5 Å². The summed E-state index contributed by atoms with van der Waals surface area (Å²) in [5.41, 5.74) is 1.25. The van der Waals surface area contributed by atoms with E-state index in [-0.39, 0.29) is 0 Å². The lowest BCUT2D eigenvalue weighted by Gasteiger charge is -2.23. The molecule has 2 aliphatic rings. The van der Waals surface area contributed by atoms with Gasteiger partial charge in [0.15, 0.2) is 0 Å². The zero-order valence-electron chi connectivity index (χ0n) is 12.6. The maximum absolute atomic E-state index is 5.20. The van der Waals surface area contributed by atoms with Gasteiger partial charge in [0.2, 0.25) is 0 Å². The van der Waals surface area contributed by atoms with E-state index in [4.69, 9.17) is 4.74 Å². The van der Waals surface area contributed by atoms with Crippen molar-refractivity contribution >= 4 is 5.69 Å². The molecule has 0 bridgehead atoms. The Kier molecular flexibility index (Phi) is 4.16. The number of hydrogen-bond donors (Lipinski definition) is 1. The SMILES string of the molecule is COc1ccc(N(C)CCNC(C2CC2)C2CC2)cc1. The zero-order valence-corrected chi connectivity index (χ0v) is 12.6. The molecule has 2 fully saturated rings. The second-order valence-electron chi connectivity index (χ2n) is 6.27. The smallest absolute Gasteiger partial charge is 0.119 e. The van der Waals surface area contributed by atoms with Crippen LogP contribution in [0.3, 0.4) is 0 Å². The Balaban J connectivity index is 1.44. The van der Waals surface area contributed by atoms with Gasteiger partial charge in [-0.05, 0) is 61.8 Å². The number of methoxy groups -OCH3 is 1. The van der Waals surface area contributed by atoms with Gasteiger partial charge in [-0.1, -0.05) is 0 Å². The zero-order chi connectivity index (χ0) is 13.9. The second-order valence-corrected chi connectivity index (χ2v) is 6.27. The number of likely N-dealkylation sites (N-methyl/N-ethyl adjacent to an activating group) is 1. The third-order valence-electron chi connectivity index (χ3n) is 4.60. The number of ether oxygens (including phenoxy) is 1. The Morgan fingerprint density at radius 2 is 1.75 bits per heavy atom. The van der Waals surface area contributed by atoms with E-state index in [2.05, 4.69) is 29.4 Å². The molecule has 110 valence electrons. The molecule has 2 saturated carbocycles. The van der Waals surface area contributed by atoms with Crippen LogP contribution in [-0.4, -0.2) is 33.3 Å².